The number of carboxylic acids is 1. The van der Waals surface area contributed by atoms with E-state index in [1.807, 2.05) is 0 Å². The topological polar surface area (TPSA) is 104 Å². The molecule has 1 aromatic carbocycles. The summed E-state index contributed by atoms with van der Waals surface area (Å²) in [6.45, 7) is 3.06. The Balaban J connectivity index is 3.28. The van der Waals surface area contributed by atoms with Gasteiger partial charge in [-0.3, -0.25) is 0 Å². The fourth-order valence-electron chi connectivity index (χ4n) is 1.94. The van der Waals surface area contributed by atoms with Crippen LogP contribution in [-0.2, 0) is 10.0 Å². The molecule has 118 valence electrons. The van der Waals surface area contributed by atoms with Crippen LogP contribution in [0, 0.1) is 6.92 Å². The Morgan fingerprint density at radius 2 is 2.05 bits per heavy atom. The van der Waals surface area contributed by atoms with Crippen LogP contribution in [0.15, 0.2) is 17.0 Å². The number of aliphatic hydroxyl groups is 1. The molecule has 3 N–H and O–H groups in total. The Labute approximate surface area is 128 Å². The van der Waals surface area contributed by atoms with E-state index in [1.54, 1.807) is 6.92 Å². The number of benzene rings is 1. The summed E-state index contributed by atoms with van der Waals surface area (Å²) in [7, 11) is -3.91. The fraction of sp³-hybridized carbons (Fsp3) is 0.462. The molecule has 0 amide bonds. The van der Waals surface area contributed by atoms with Crippen molar-refractivity contribution in [2.75, 3.05) is 6.61 Å². The van der Waals surface area contributed by atoms with Crippen molar-refractivity contribution in [2.24, 2.45) is 0 Å². The SMILES string of the molecule is CCC(CCO)NS(=O)(=O)c1cc(Cl)cc(C(=O)O)c1C. The van der Waals surface area contributed by atoms with Gasteiger partial charge < -0.3 is 10.2 Å². The average Bonchev–Trinajstić information content (AvgIpc) is 2.39. The first-order valence-corrected chi connectivity index (χ1v) is 8.25. The molecule has 8 heteroatoms. The third-order valence-electron chi connectivity index (χ3n) is 3.14. The monoisotopic (exact) mass is 335 g/mol. The van der Waals surface area contributed by atoms with Gasteiger partial charge >= 0.3 is 5.97 Å². The molecular formula is C13H18ClNO5S. The first-order chi connectivity index (χ1) is 9.72. The average molecular weight is 336 g/mol. The van der Waals surface area contributed by atoms with Gasteiger partial charge in [0, 0.05) is 17.7 Å². The van der Waals surface area contributed by atoms with Crippen molar-refractivity contribution >= 4 is 27.6 Å². The Morgan fingerprint density at radius 1 is 1.43 bits per heavy atom. The van der Waals surface area contributed by atoms with Gasteiger partial charge in [-0.25, -0.2) is 17.9 Å². The first kappa shape index (κ1) is 17.9. The minimum absolute atomic E-state index is 0.0357. The fourth-order valence-corrected chi connectivity index (χ4v) is 3.87. The van der Waals surface area contributed by atoms with Crippen molar-refractivity contribution in [2.45, 2.75) is 37.6 Å². The van der Waals surface area contributed by atoms with Gasteiger partial charge in [-0.2, -0.15) is 0 Å². The van der Waals surface area contributed by atoms with Crippen LogP contribution >= 0.6 is 11.6 Å². The van der Waals surface area contributed by atoms with Crippen molar-refractivity contribution in [1.29, 1.82) is 0 Å². The number of aliphatic hydroxyl groups excluding tert-OH is 1. The van der Waals surface area contributed by atoms with Crippen LogP contribution in [0.1, 0.15) is 35.7 Å². The van der Waals surface area contributed by atoms with Crippen molar-refractivity contribution in [3.63, 3.8) is 0 Å². The second-order valence-electron chi connectivity index (χ2n) is 4.62. The molecule has 0 aliphatic heterocycles. The minimum Gasteiger partial charge on any atom is -0.478 e. The highest BCUT2D eigenvalue weighted by atomic mass is 35.5. The van der Waals surface area contributed by atoms with E-state index in [-0.39, 0.29) is 34.1 Å². The van der Waals surface area contributed by atoms with Gasteiger partial charge in [-0.1, -0.05) is 18.5 Å². The molecule has 1 rings (SSSR count). The third-order valence-corrected chi connectivity index (χ3v) is 5.00. The zero-order chi connectivity index (χ0) is 16.2. The van der Waals surface area contributed by atoms with E-state index in [4.69, 9.17) is 21.8 Å². The Morgan fingerprint density at radius 3 is 2.52 bits per heavy atom. The molecule has 0 radical (unpaired) electrons. The van der Waals surface area contributed by atoms with E-state index in [1.165, 1.54) is 19.1 Å². The maximum atomic E-state index is 12.4. The molecule has 0 bridgehead atoms. The number of carbonyl (C=O) groups is 1. The van der Waals surface area contributed by atoms with E-state index in [2.05, 4.69) is 4.72 Å². The summed E-state index contributed by atoms with van der Waals surface area (Å²) in [6.07, 6.45) is 0.784. The number of sulfonamides is 1. The zero-order valence-electron chi connectivity index (χ0n) is 11.8. The predicted molar refractivity (Wildman–Crippen MR) is 79.3 cm³/mol. The molecule has 6 nitrogen and oxygen atoms in total. The molecule has 0 aliphatic carbocycles. The number of aromatic carboxylic acids is 1. The maximum absolute atomic E-state index is 12.4. The number of halogens is 1. The van der Waals surface area contributed by atoms with Gasteiger partial charge in [0.2, 0.25) is 10.0 Å². The quantitative estimate of drug-likeness (QED) is 0.704. The maximum Gasteiger partial charge on any atom is 0.336 e. The van der Waals surface area contributed by atoms with Crippen molar-refractivity contribution < 1.29 is 23.4 Å². The largest absolute Gasteiger partial charge is 0.478 e. The van der Waals surface area contributed by atoms with Gasteiger partial charge in [-0.05, 0) is 37.5 Å². The van der Waals surface area contributed by atoms with Crippen LogP contribution in [0.5, 0.6) is 0 Å². The molecule has 0 heterocycles. The molecule has 21 heavy (non-hydrogen) atoms. The minimum atomic E-state index is -3.91. The molecule has 1 aromatic rings. The Kier molecular flexibility index (Phi) is 6.15. The molecule has 0 aromatic heterocycles. The molecule has 0 aliphatic rings. The molecule has 0 fully saturated rings. The van der Waals surface area contributed by atoms with Crippen LogP contribution in [0.25, 0.3) is 0 Å². The normalized spacial score (nSPS) is 13.1. The van der Waals surface area contributed by atoms with E-state index in [9.17, 15) is 13.2 Å². The summed E-state index contributed by atoms with van der Waals surface area (Å²) in [5.74, 6) is -1.24. The highest BCUT2D eigenvalue weighted by Gasteiger charge is 2.24. The molecule has 0 saturated carbocycles. The number of hydrogen-bond acceptors (Lipinski definition) is 4. The van der Waals surface area contributed by atoms with E-state index in [0.717, 1.165) is 0 Å². The van der Waals surface area contributed by atoms with Crippen molar-refractivity contribution in [3.05, 3.63) is 28.3 Å². The summed E-state index contributed by atoms with van der Waals surface area (Å²) in [4.78, 5) is 11.0. The van der Waals surface area contributed by atoms with Gasteiger partial charge in [0.1, 0.15) is 0 Å². The van der Waals surface area contributed by atoms with E-state index < -0.39 is 22.0 Å². The van der Waals surface area contributed by atoms with Gasteiger partial charge in [-0.15, -0.1) is 0 Å². The van der Waals surface area contributed by atoms with Crippen LogP contribution < -0.4 is 4.72 Å². The standard InChI is InChI=1S/C13H18ClNO5S/c1-3-10(4-5-16)15-21(19,20)12-7-9(14)6-11(8(12)2)13(17)18/h6-7,10,15-16H,3-5H2,1-2H3,(H,17,18). The number of nitrogens with one attached hydrogen (secondary N) is 1. The zero-order valence-corrected chi connectivity index (χ0v) is 13.3. The number of hydrogen-bond donors (Lipinski definition) is 3. The molecule has 1 atom stereocenters. The Bertz CT molecular complexity index is 630. The highest BCUT2D eigenvalue weighted by Crippen LogP contribution is 2.25. The lowest BCUT2D eigenvalue weighted by Crippen LogP contribution is -2.35. The molecular weight excluding hydrogens is 318 g/mol. The first-order valence-electron chi connectivity index (χ1n) is 6.39. The molecule has 1 unspecified atom stereocenters. The summed E-state index contributed by atoms with van der Waals surface area (Å²) in [5, 5.41) is 18.0. The van der Waals surface area contributed by atoms with Crippen molar-refractivity contribution in [1.82, 2.24) is 4.72 Å². The van der Waals surface area contributed by atoms with Crippen LogP contribution in [0.2, 0.25) is 5.02 Å². The second kappa shape index (κ2) is 7.22. The smallest absolute Gasteiger partial charge is 0.336 e. The second-order valence-corrected chi connectivity index (χ2v) is 6.74. The summed E-state index contributed by atoms with van der Waals surface area (Å²) in [5.41, 5.74) is -0.0312. The predicted octanol–water partition coefficient (Wildman–Crippen LogP) is 1.79. The summed E-state index contributed by atoms with van der Waals surface area (Å²) < 4.78 is 27.2. The summed E-state index contributed by atoms with van der Waals surface area (Å²) in [6, 6.07) is 2.01. The number of carboxylic acid groups (broad SMARTS) is 1. The highest BCUT2D eigenvalue weighted by molar-refractivity contribution is 7.89. The van der Waals surface area contributed by atoms with Gasteiger partial charge in [0.05, 0.1) is 10.5 Å². The third kappa shape index (κ3) is 4.41. The van der Waals surface area contributed by atoms with Crippen LogP contribution in [-0.4, -0.2) is 37.2 Å². The van der Waals surface area contributed by atoms with Gasteiger partial charge in [0.25, 0.3) is 0 Å². The van der Waals surface area contributed by atoms with Gasteiger partial charge in [0.15, 0.2) is 0 Å². The van der Waals surface area contributed by atoms with E-state index in [0.29, 0.717) is 6.42 Å². The Hall–Kier alpha value is -1.15. The van der Waals surface area contributed by atoms with E-state index >= 15 is 0 Å². The lowest BCUT2D eigenvalue weighted by atomic mass is 10.1. The van der Waals surface area contributed by atoms with Crippen LogP contribution in [0.3, 0.4) is 0 Å². The summed E-state index contributed by atoms with van der Waals surface area (Å²) >= 11 is 5.81. The molecule has 0 spiro atoms. The van der Waals surface area contributed by atoms with Crippen LogP contribution in [0.4, 0.5) is 0 Å². The lowest BCUT2D eigenvalue weighted by Gasteiger charge is -2.18. The molecule has 0 saturated heterocycles. The number of rotatable bonds is 7. The lowest BCUT2D eigenvalue weighted by molar-refractivity contribution is 0.0696. The van der Waals surface area contributed by atoms with Crippen molar-refractivity contribution in [3.8, 4) is 0 Å².